The molecule has 6 heteroatoms. The molecule has 0 atom stereocenters. The molecule has 0 aromatic heterocycles. The van der Waals surface area contributed by atoms with E-state index in [0.717, 1.165) is 0 Å². The largest absolute Gasteiger partial charge is 0.490 e. The molecule has 122 valence electrons. The fourth-order valence-corrected chi connectivity index (χ4v) is 2.12. The van der Waals surface area contributed by atoms with Crippen LogP contribution in [0.2, 0.25) is 10.0 Å². The summed E-state index contributed by atoms with van der Waals surface area (Å²) in [5.74, 6) is -0.235. The number of carbonyl (C=O) groups is 2. The van der Waals surface area contributed by atoms with Gasteiger partial charge in [-0.3, -0.25) is 9.59 Å². The molecular weight excluding hydrogens is 337 g/mol. The number of ether oxygens (including phenoxy) is 1. The van der Waals surface area contributed by atoms with Crippen molar-refractivity contribution < 1.29 is 14.3 Å². The third-order valence-corrected chi connectivity index (χ3v) is 3.27. The van der Waals surface area contributed by atoms with Crippen LogP contribution < -0.4 is 10.1 Å². The van der Waals surface area contributed by atoms with Crippen LogP contribution in [0.4, 0.5) is 0 Å². The Kier molecular flexibility index (Phi) is 8.16. The van der Waals surface area contributed by atoms with Crippen molar-refractivity contribution in [2.45, 2.75) is 6.42 Å². The lowest BCUT2D eigenvalue weighted by Crippen LogP contribution is -2.30. The lowest BCUT2D eigenvalue weighted by Gasteiger charge is -2.09. The molecule has 0 saturated carbocycles. The van der Waals surface area contributed by atoms with Gasteiger partial charge in [0.15, 0.2) is 5.78 Å². The van der Waals surface area contributed by atoms with Crippen molar-refractivity contribution in [2.24, 2.45) is 0 Å². The summed E-state index contributed by atoms with van der Waals surface area (Å²) < 4.78 is 5.42. The van der Waals surface area contributed by atoms with Gasteiger partial charge in [0.25, 0.3) is 0 Å². The summed E-state index contributed by atoms with van der Waals surface area (Å²) in [4.78, 5) is 23.5. The summed E-state index contributed by atoms with van der Waals surface area (Å²) in [5.41, 5.74) is 0.347. The van der Waals surface area contributed by atoms with Gasteiger partial charge in [0, 0.05) is 10.6 Å². The minimum atomic E-state index is -0.391. The number of Topliss-reactive ketones (excluding diaryl/α,β-unsaturated/α-hetero) is 1. The summed E-state index contributed by atoms with van der Waals surface area (Å²) in [6.45, 7) is 7.49. The van der Waals surface area contributed by atoms with Gasteiger partial charge in [0.05, 0.1) is 18.0 Å². The minimum Gasteiger partial charge on any atom is -0.490 e. The van der Waals surface area contributed by atoms with Gasteiger partial charge in [-0.2, -0.15) is 0 Å². The molecule has 0 radical (unpaired) electrons. The number of hydrogen-bond donors (Lipinski definition) is 1. The number of allylic oxidation sites excluding steroid dienone is 4. The Balaban J connectivity index is 2.36. The molecule has 0 heterocycles. The Hall–Kier alpha value is -2.04. The van der Waals surface area contributed by atoms with Crippen molar-refractivity contribution in [1.29, 1.82) is 0 Å². The molecule has 0 fully saturated rings. The number of carbonyl (C=O) groups excluding carboxylic acids is 2. The Bertz CT molecular complexity index is 639. The van der Waals surface area contributed by atoms with Crippen LogP contribution >= 0.6 is 23.2 Å². The normalized spacial score (nSPS) is 10.8. The predicted octanol–water partition coefficient (Wildman–Crippen LogP) is 3.75. The summed E-state index contributed by atoms with van der Waals surface area (Å²) in [6, 6.07) is 4.87. The maximum Gasteiger partial charge on any atom is 0.227 e. The molecule has 0 spiro atoms. The van der Waals surface area contributed by atoms with E-state index >= 15 is 0 Å². The Labute approximate surface area is 145 Å². The average Bonchev–Trinajstić information content (AvgIpc) is 2.50. The number of amides is 1. The predicted molar refractivity (Wildman–Crippen MR) is 93.1 cm³/mol. The van der Waals surface area contributed by atoms with Gasteiger partial charge in [-0.05, 0) is 18.2 Å². The fraction of sp³-hybridized carbons (Fsp3) is 0.176. The van der Waals surface area contributed by atoms with Crippen LogP contribution in [0.25, 0.3) is 0 Å². The van der Waals surface area contributed by atoms with Gasteiger partial charge in [-0.15, -0.1) is 0 Å². The highest BCUT2D eigenvalue weighted by Gasteiger charge is 2.11. The van der Waals surface area contributed by atoms with Crippen LogP contribution in [0.1, 0.15) is 6.42 Å². The van der Waals surface area contributed by atoms with E-state index in [9.17, 15) is 9.59 Å². The van der Waals surface area contributed by atoms with E-state index in [2.05, 4.69) is 18.5 Å². The van der Waals surface area contributed by atoms with Gasteiger partial charge >= 0.3 is 0 Å². The Morgan fingerprint density at radius 3 is 2.61 bits per heavy atom. The number of ketones is 1. The summed E-state index contributed by atoms with van der Waals surface area (Å²) in [5, 5.41) is 3.50. The van der Waals surface area contributed by atoms with Crippen molar-refractivity contribution in [3.8, 4) is 5.75 Å². The van der Waals surface area contributed by atoms with Crippen LogP contribution in [0.5, 0.6) is 5.75 Å². The van der Waals surface area contributed by atoms with E-state index in [1.54, 1.807) is 18.2 Å². The molecule has 1 aromatic carbocycles. The van der Waals surface area contributed by atoms with Crippen molar-refractivity contribution in [1.82, 2.24) is 5.32 Å². The first-order chi connectivity index (χ1) is 11.0. The molecule has 0 aliphatic carbocycles. The zero-order valence-electron chi connectivity index (χ0n) is 12.5. The number of benzene rings is 1. The molecule has 1 rings (SSSR count). The average molecular weight is 354 g/mol. The van der Waals surface area contributed by atoms with Crippen LogP contribution in [0, 0.1) is 0 Å². The zero-order chi connectivity index (χ0) is 17.2. The summed E-state index contributed by atoms with van der Waals surface area (Å²) >= 11 is 11.7. The van der Waals surface area contributed by atoms with Crippen LogP contribution in [0.3, 0.4) is 0 Å². The molecule has 1 amide bonds. The van der Waals surface area contributed by atoms with E-state index in [1.165, 1.54) is 18.2 Å². The highest BCUT2D eigenvalue weighted by Crippen LogP contribution is 2.27. The van der Waals surface area contributed by atoms with Crippen molar-refractivity contribution in [3.63, 3.8) is 0 Å². The topological polar surface area (TPSA) is 55.4 Å². The number of halogens is 2. The van der Waals surface area contributed by atoms with Crippen LogP contribution in [-0.2, 0) is 9.59 Å². The lowest BCUT2D eigenvalue weighted by atomic mass is 10.1. The summed E-state index contributed by atoms with van der Waals surface area (Å²) in [6.07, 6.45) is 4.11. The highest BCUT2D eigenvalue weighted by molar-refractivity contribution is 6.35. The second-order valence-corrected chi connectivity index (χ2v) is 5.28. The Morgan fingerprint density at radius 1 is 1.26 bits per heavy atom. The summed E-state index contributed by atoms with van der Waals surface area (Å²) in [7, 11) is 0. The molecule has 0 aliphatic rings. The third-order valence-electron chi connectivity index (χ3n) is 2.74. The monoisotopic (exact) mass is 353 g/mol. The van der Waals surface area contributed by atoms with E-state index in [4.69, 9.17) is 27.9 Å². The molecular formula is C17H17Cl2NO3. The van der Waals surface area contributed by atoms with Crippen molar-refractivity contribution in [2.75, 3.05) is 13.2 Å². The van der Waals surface area contributed by atoms with Crippen LogP contribution in [0.15, 0.2) is 55.2 Å². The molecule has 0 saturated heterocycles. The number of hydrogen-bond acceptors (Lipinski definition) is 3. The van der Waals surface area contributed by atoms with Gasteiger partial charge in [0.1, 0.15) is 12.4 Å². The molecule has 0 aliphatic heterocycles. The second-order valence-electron chi connectivity index (χ2n) is 4.43. The molecule has 4 nitrogen and oxygen atoms in total. The number of rotatable bonds is 9. The van der Waals surface area contributed by atoms with Crippen LogP contribution in [-0.4, -0.2) is 24.8 Å². The van der Waals surface area contributed by atoms with E-state index < -0.39 is 5.91 Å². The second kappa shape index (κ2) is 9.87. The van der Waals surface area contributed by atoms with Crippen molar-refractivity contribution in [3.05, 3.63) is 65.2 Å². The van der Waals surface area contributed by atoms with Gasteiger partial charge < -0.3 is 10.1 Å². The standard InChI is InChI=1S/C17H17Cl2NO3/c1-3-5-12(4-2)15(21)11-17(22)20-8-9-23-16-7-6-13(18)10-14(16)19/h3-7,10H,1-2,8-9,11H2,(H,20,22)/b12-5+. The van der Waals surface area contributed by atoms with Gasteiger partial charge in [0.2, 0.25) is 5.91 Å². The maximum absolute atomic E-state index is 11.8. The quantitative estimate of drug-likeness (QED) is 0.318. The highest BCUT2D eigenvalue weighted by atomic mass is 35.5. The molecule has 0 bridgehead atoms. The minimum absolute atomic E-state index is 0.220. The molecule has 1 N–H and O–H groups in total. The van der Waals surface area contributed by atoms with E-state index in [1.807, 2.05) is 0 Å². The first-order valence-electron chi connectivity index (χ1n) is 6.80. The smallest absolute Gasteiger partial charge is 0.227 e. The Morgan fingerprint density at radius 2 is 2.00 bits per heavy atom. The zero-order valence-corrected chi connectivity index (χ0v) is 14.0. The third kappa shape index (κ3) is 6.72. The lowest BCUT2D eigenvalue weighted by molar-refractivity contribution is -0.126. The maximum atomic E-state index is 11.8. The number of nitrogens with one attached hydrogen (secondary N) is 1. The first-order valence-corrected chi connectivity index (χ1v) is 7.56. The molecule has 0 unspecified atom stereocenters. The fourth-order valence-electron chi connectivity index (χ4n) is 1.66. The van der Waals surface area contributed by atoms with Gasteiger partial charge in [-0.1, -0.05) is 54.6 Å². The first kappa shape index (κ1) is 19.0. The van der Waals surface area contributed by atoms with Gasteiger partial charge in [-0.25, -0.2) is 0 Å². The molecule has 23 heavy (non-hydrogen) atoms. The van der Waals surface area contributed by atoms with Crippen molar-refractivity contribution >= 4 is 34.9 Å². The molecule has 1 aromatic rings. The van der Waals surface area contributed by atoms with E-state index in [0.29, 0.717) is 21.4 Å². The van der Waals surface area contributed by atoms with E-state index in [-0.39, 0.29) is 25.4 Å². The SMILES string of the molecule is C=C/C=C(\C=C)C(=O)CC(=O)NCCOc1ccc(Cl)cc1Cl.